The lowest BCUT2D eigenvalue weighted by molar-refractivity contribution is -0.130. The molecule has 3 aromatic rings. The van der Waals surface area contributed by atoms with Gasteiger partial charge in [0, 0.05) is 12.1 Å². The second kappa shape index (κ2) is 8.68. The molecule has 1 aliphatic rings. The topological polar surface area (TPSA) is 49.8 Å². The molecule has 3 aromatic carbocycles. The van der Waals surface area contributed by atoms with E-state index >= 15 is 0 Å². The highest BCUT2D eigenvalue weighted by Crippen LogP contribution is 2.44. The van der Waals surface area contributed by atoms with Crippen molar-refractivity contribution in [1.29, 1.82) is 0 Å². The molecule has 0 saturated heterocycles. The van der Waals surface area contributed by atoms with Crippen LogP contribution in [0.2, 0.25) is 0 Å². The lowest BCUT2D eigenvalue weighted by atomic mass is 9.92. The molecule has 158 valence electrons. The molecule has 0 spiro atoms. The summed E-state index contributed by atoms with van der Waals surface area (Å²) in [7, 11) is 1.63. The summed E-state index contributed by atoms with van der Waals surface area (Å²) in [6.07, 6.45) is 0.948. The lowest BCUT2D eigenvalue weighted by Gasteiger charge is -2.28. The van der Waals surface area contributed by atoms with Crippen molar-refractivity contribution < 1.29 is 14.6 Å². The van der Waals surface area contributed by atoms with Crippen LogP contribution in [0.25, 0.3) is 5.57 Å². The third-order valence-corrected chi connectivity index (χ3v) is 5.86. The normalized spacial score (nSPS) is 16.2. The van der Waals surface area contributed by atoms with Gasteiger partial charge in [-0.3, -0.25) is 4.79 Å². The number of aliphatic hydroxyl groups is 1. The lowest BCUT2D eigenvalue weighted by Crippen LogP contribution is -2.29. The monoisotopic (exact) mass is 413 g/mol. The minimum Gasteiger partial charge on any atom is -0.503 e. The molecule has 0 aromatic heterocycles. The van der Waals surface area contributed by atoms with Crippen molar-refractivity contribution in [3.63, 3.8) is 0 Å². The van der Waals surface area contributed by atoms with Gasteiger partial charge in [-0.15, -0.1) is 0 Å². The number of hydrogen-bond donors (Lipinski definition) is 1. The summed E-state index contributed by atoms with van der Waals surface area (Å²) < 4.78 is 5.34. The van der Waals surface area contributed by atoms with Gasteiger partial charge in [-0.1, -0.05) is 73.2 Å². The van der Waals surface area contributed by atoms with Gasteiger partial charge >= 0.3 is 0 Å². The number of carbonyl (C=O) groups is 1. The Hall–Kier alpha value is -3.53. The summed E-state index contributed by atoms with van der Waals surface area (Å²) in [6.45, 7) is 4.51. The van der Waals surface area contributed by atoms with Crippen LogP contribution in [0.5, 0.6) is 5.75 Å². The van der Waals surface area contributed by atoms with Crippen molar-refractivity contribution in [2.45, 2.75) is 32.9 Å². The van der Waals surface area contributed by atoms with E-state index in [9.17, 15) is 9.90 Å². The maximum absolute atomic E-state index is 13.2. The van der Waals surface area contributed by atoms with Gasteiger partial charge in [0.25, 0.3) is 5.91 Å². The predicted octanol–water partition coefficient (Wildman–Crippen LogP) is 5.62. The van der Waals surface area contributed by atoms with Gasteiger partial charge in [0.05, 0.1) is 13.2 Å². The Kier molecular flexibility index (Phi) is 5.81. The molecule has 1 aliphatic heterocycles. The molecule has 0 saturated carbocycles. The summed E-state index contributed by atoms with van der Waals surface area (Å²) in [6, 6.07) is 23.5. The minimum atomic E-state index is -0.368. The number of carbonyl (C=O) groups excluding carboxylic acids is 1. The van der Waals surface area contributed by atoms with Crippen molar-refractivity contribution in [2.75, 3.05) is 7.11 Å². The van der Waals surface area contributed by atoms with Crippen LogP contribution in [0.1, 0.15) is 40.8 Å². The molecule has 1 N–H and O–H groups in total. The van der Waals surface area contributed by atoms with E-state index in [4.69, 9.17) is 4.74 Å². The van der Waals surface area contributed by atoms with Gasteiger partial charge in [-0.05, 0) is 47.7 Å². The predicted molar refractivity (Wildman–Crippen MR) is 123 cm³/mol. The Morgan fingerprint density at radius 2 is 1.68 bits per heavy atom. The molecule has 1 amide bonds. The van der Waals surface area contributed by atoms with Crippen LogP contribution in [0, 0.1) is 6.92 Å². The standard InChI is InChI=1S/C27H27NO3/c1-4-19-10-14-22(15-11-19)25-24(21-12-8-18(2)9-13-21)26(29)27(30)28(25)17-20-6-5-7-23(16-20)31-3/h5-16,25,29H,4,17H2,1-3H3. The smallest absolute Gasteiger partial charge is 0.290 e. The van der Waals surface area contributed by atoms with Gasteiger partial charge in [-0.2, -0.15) is 0 Å². The Morgan fingerprint density at radius 1 is 0.968 bits per heavy atom. The highest BCUT2D eigenvalue weighted by atomic mass is 16.5. The summed E-state index contributed by atoms with van der Waals surface area (Å²) in [5.74, 6) is 0.197. The summed E-state index contributed by atoms with van der Waals surface area (Å²) in [5.41, 5.74) is 5.79. The average molecular weight is 414 g/mol. The van der Waals surface area contributed by atoms with Crippen molar-refractivity contribution in [3.05, 3.63) is 106 Å². The molecule has 31 heavy (non-hydrogen) atoms. The third-order valence-electron chi connectivity index (χ3n) is 5.86. The first kappa shape index (κ1) is 20.7. The van der Waals surface area contributed by atoms with Gasteiger partial charge < -0.3 is 14.7 Å². The number of nitrogens with zero attached hydrogens (tertiary/aromatic N) is 1. The number of rotatable bonds is 6. The van der Waals surface area contributed by atoms with Crippen LogP contribution in [0.3, 0.4) is 0 Å². The molecule has 0 bridgehead atoms. The second-order valence-electron chi connectivity index (χ2n) is 7.91. The van der Waals surface area contributed by atoms with Gasteiger partial charge in [0.15, 0.2) is 5.76 Å². The SMILES string of the molecule is CCc1ccc(C2C(c3ccc(C)cc3)=C(O)C(=O)N2Cc2cccc(OC)c2)cc1. The van der Waals surface area contributed by atoms with Crippen LogP contribution in [-0.2, 0) is 17.8 Å². The van der Waals surface area contributed by atoms with E-state index in [2.05, 4.69) is 31.2 Å². The second-order valence-corrected chi connectivity index (χ2v) is 7.91. The van der Waals surface area contributed by atoms with Crippen LogP contribution in [0.15, 0.2) is 78.6 Å². The molecular weight excluding hydrogens is 386 g/mol. The first-order valence-electron chi connectivity index (χ1n) is 10.5. The number of methoxy groups -OCH3 is 1. The van der Waals surface area contributed by atoms with E-state index in [-0.39, 0.29) is 17.7 Å². The number of ether oxygens (including phenoxy) is 1. The quantitative estimate of drug-likeness (QED) is 0.571. The Morgan fingerprint density at radius 3 is 2.32 bits per heavy atom. The van der Waals surface area contributed by atoms with Gasteiger partial charge in [0.2, 0.25) is 0 Å². The fraction of sp³-hybridized carbons (Fsp3) is 0.222. The molecule has 0 radical (unpaired) electrons. The fourth-order valence-corrected chi connectivity index (χ4v) is 4.09. The fourth-order valence-electron chi connectivity index (χ4n) is 4.09. The van der Waals surface area contributed by atoms with Crippen molar-refractivity contribution in [2.24, 2.45) is 0 Å². The maximum atomic E-state index is 13.2. The number of aliphatic hydroxyl groups excluding tert-OH is 1. The molecule has 1 heterocycles. The molecule has 4 nitrogen and oxygen atoms in total. The van der Waals surface area contributed by atoms with E-state index < -0.39 is 0 Å². The summed E-state index contributed by atoms with van der Waals surface area (Å²) >= 11 is 0. The van der Waals surface area contributed by atoms with Gasteiger partial charge in [0.1, 0.15) is 5.75 Å². The first-order valence-corrected chi connectivity index (χ1v) is 10.5. The first-order chi connectivity index (χ1) is 15.0. The zero-order chi connectivity index (χ0) is 22.0. The summed E-state index contributed by atoms with van der Waals surface area (Å²) in [5, 5.41) is 10.9. The number of hydrogen-bond acceptors (Lipinski definition) is 3. The third kappa shape index (κ3) is 4.06. The van der Waals surface area contributed by atoms with Crippen LogP contribution >= 0.6 is 0 Å². The number of benzene rings is 3. The van der Waals surface area contributed by atoms with E-state index in [1.165, 1.54) is 5.56 Å². The van der Waals surface area contributed by atoms with E-state index in [0.717, 1.165) is 34.4 Å². The van der Waals surface area contributed by atoms with E-state index in [0.29, 0.717) is 12.1 Å². The molecule has 1 unspecified atom stereocenters. The molecule has 4 heteroatoms. The molecular formula is C27H27NO3. The molecule has 1 atom stereocenters. The van der Waals surface area contributed by atoms with Crippen molar-refractivity contribution in [1.82, 2.24) is 4.90 Å². The number of amides is 1. The number of aryl methyl sites for hydroxylation is 2. The summed E-state index contributed by atoms with van der Waals surface area (Å²) in [4.78, 5) is 14.9. The van der Waals surface area contributed by atoms with E-state index in [1.807, 2.05) is 55.5 Å². The Labute approximate surface area is 183 Å². The van der Waals surface area contributed by atoms with Crippen molar-refractivity contribution >= 4 is 11.5 Å². The highest BCUT2D eigenvalue weighted by Gasteiger charge is 2.41. The largest absolute Gasteiger partial charge is 0.503 e. The molecule has 4 rings (SSSR count). The zero-order valence-electron chi connectivity index (χ0n) is 18.1. The van der Waals surface area contributed by atoms with Crippen LogP contribution in [0.4, 0.5) is 0 Å². The Balaban J connectivity index is 1.79. The highest BCUT2D eigenvalue weighted by molar-refractivity contribution is 6.05. The van der Waals surface area contributed by atoms with Gasteiger partial charge in [-0.25, -0.2) is 0 Å². The minimum absolute atomic E-state index is 0.184. The molecule has 0 fully saturated rings. The van der Waals surface area contributed by atoms with Crippen LogP contribution < -0.4 is 4.74 Å². The Bertz CT molecular complexity index is 1110. The maximum Gasteiger partial charge on any atom is 0.290 e. The molecule has 0 aliphatic carbocycles. The van der Waals surface area contributed by atoms with E-state index in [1.54, 1.807) is 12.0 Å². The van der Waals surface area contributed by atoms with Crippen LogP contribution in [-0.4, -0.2) is 23.0 Å². The zero-order valence-corrected chi connectivity index (χ0v) is 18.1. The average Bonchev–Trinajstić information content (AvgIpc) is 3.05. The van der Waals surface area contributed by atoms with Crippen molar-refractivity contribution in [3.8, 4) is 5.75 Å².